The number of likely N-dealkylation sites (tertiary alicyclic amines) is 1. The molecule has 2 aromatic heterocycles. The summed E-state index contributed by atoms with van der Waals surface area (Å²) in [5, 5.41) is 12.3. The smallest absolute Gasteiger partial charge is 0.240 e. The second kappa shape index (κ2) is 6.84. The van der Waals surface area contributed by atoms with Gasteiger partial charge in [-0.05, 0) is 57.7 Å². The van der Waals surface area contributed by atoms with Crippen molar-refractivity contribution in [1.82, 2.24) is 25.2 Å². The highest BCUT2D eigenvalue weighted by Crippen LogP contribution is 2.38. The molecule has 0 unspecified atom stereocenters. The van der Waals surface area contributed by atoms with Gasteiger partial charge in [-0.1, -0.05) is 5.16 Å². The van der Waals surface area contributed by atoms with E-state index in [1.807, 2.05) is 13.0 Å². The van der Waals surface area contributed by atoms with Gasteiger partial charge in [-0.2, -0.15) is 10.1 Å². The maximum Gasteiger partial charge on any atom is 0.240 e. The lowest BCUT2D eigenvalue weighted by Crippen LogP contribution is -2.35. The first-order valence-electron chi connectivity index (χ1n) is 8.74. The highest BCUT2D eigenvalue weighted by atomic mass is 16.5. The van der Waals surface area contributed by atoms with Crippen molar-refractivity contribution < 1.29 is 9.26 Å². The van der Waals surface area contributed by atoms with E-state index in [-0.39, 0.29) is 0 Å². The number of hydrogen-bond donors (Lipinski definition) is 0. The van der Waals surface area contributed by atoms with E-state index in [0.29, 0.717) is 36.0 Å². The highest BCUT2D eigenvalue weighted by Gasteiger charge is 2.25. The molecule has 0 radical (unpaired) electrons. The average Bonchev–Trinajstić information content (AvgIpc) is 3.38. The Kier molecular flexibility index (Phi) is 4.42. The first kappa shape index (κ1) is 15.5. The summed E-state index contributed by atoms with van der Waals surface area (Å²) < 4.78 is 11.0. The molecule has 128 valence electrons. The second-order valence-corrected chi connectivity index (χ2v) is 6.84. The van der Waals surface area contributed by atoms with E-state index in [2.05, 4.69) is 31.3 Å². The third-order valence-corrected chi connectivity index (χ3v) is 4.76. The Morgan fingerprint density at radius 2 is 2.00 bits per heavy atom. The zero-order chi connectivity index (χ0) is 16.4. The third-order valence-electron chi connectivity index (χ3n) is 4.76. The molecule has 2 aliphatic rings. The van der Waals surface area contributed by atoms with Crippen LogP contribution in [0, 0.1) is 12.8 Å². The van der Waals surface area contributed by atoms with Crippen LogP contribution in [0.3, 0.4) is 0 Å². The maximum absolute atomic E-state index is 5.82. The van der Waals surface area contributed by atoms with Crippen molar-refractivity contribution in [2.24, 2.45) is 5.92 Å². The second-order valence-electron chi connectivity index (χ2n) is 6.84. The molecule has 1 aliphatic heterocycles. The van der Waals surface area contributed by atoms with Gasteiger partial charge >= 0.3 is 0 Å². The van der Waals surface area contributed by atoms with Gasteiger partial charge in [0.1, 0.15) is 0 Å². The summed E-state index contributed by atoms with van der Waals surface area (Å²) in [4.78, 5) is 6.62. The van der Waals surface area contributed by atoms with Crippen LogP contribution >= 0.6 is 0 Å². The van der Waals surface area contributed by atoms with Crippen LogP contribution in [0.25, 0.3) is 0 Å². The van der Waals surface area contributed by atoms with Crippen molar-refractivity contribution >= 4 is 0 Å². The van der Waals surface area contributed by atoms with E-state index < -0.39 is 0 Å². The molecular weight excluding hydrogens is 306 g/mol. The zero-order valence-electron chi connectivity index (χ0n) is 14.0. The molecule has 0 bridgehead atoms. The average molecular weight is 329 g/mol. The largest absolute Gasteiger partial charge is 0.476 e. The molecule has 7 heteroatoms. The van der Waals surface area contributed by atoms with Crippen LogP contribution in [0.2, 0.25) is 0 Å². The Morgan fingerprint density at radius 3 is 2.62 bits per heavy atom. The summed E-state index contributed by atoms with van der Waals surface area (Å²) in [5.74, 6) is 3.24. The lowest BCUT2D eigenvalue weighted by molar-refractivity contribution is 0.124. The van der Waals surface area contributed by atoms with Crippen molar-refractivity contribution in [3.05, 3.63) is 29.5 Å². The summed E-state index contributed by atoms with van der Waals surface area (Å²) in [6.07, 6.45) is 4.72. The molecule has 1 saturated heterocycles. The van der Waals surface area contributed by atoms with Gasteiger partial charge in [0.05, 0.1) is 18.8 Å². The van der Waals surface area contributed by atoms with Gasteiger partial charge in [-0.3, -0.25) is 4.90 Å². The van der Waals surface area contributed by atoms with Crippen molar-refractivity contribution in [1.29, 1.82) is 0 Å². The van der Waals surface area contributed by atoms with Crippen molar-refractivity contribution in [3.8, 4) is 5.88 Å². The fourth-order valence-corrected chi connectivity index (χ4v) is 3.11. The molecule has 0 amide bonds. The number of aromatic nitrogens is 4. The van der Waals surface area contributed by atoms with Gasteiger partial charge in [-0.25, -0.2) is 0 Å². The van der Waals surface area contributed by atoms with Crippen LogP contribution in [-0.2, 0) is 6.54 Å². The molecule has 0 N–H and O–H groups in total. The summed E-state index contributed by atoms with van der Waals surface area (Å²) in [5.41, 5.74) is 1.10. The van der Waals surface area contributed by atoms with E-state index >= 15 is 0 Å². The minimum absolute atomic E-state index is 0.565. The molecule has 0 atom stereocenters. The van der Waals surface area contributed by atoms with E-state index in [0.717, 1.165) is 38.2 Å². The van der Waals surface area contributed by atoms with Crippen LogP contribution < -0.4 is 4.74 Å². The molecule has 7 nitrogen and oxygen atoms in total. The topological polar surface area (TPSA) is 77.2 Å². The molecule has 4 rings (SSSR count). The lowest BCUT2D eigenvalue weighted by Gasteiger charge is -2.30. The van der Waals surface area contributed by atoms with Crippen LogP contribution in [0.1, 0.15) is 49.0 Å². The van der Waals surface area contributed by atoms with Crippen molar-refractivity contribution in [3.63, 3.8) is 0 Å². The molecule has 24 heavy (non-hydrogen) atoms. The van der Waals surface area contributed by atoms with Crippen LogP contribution in [0.4, 0.5) is 0 Å². The molecule has 2 aromatic rings. The molecule has 1 saturated carbocycles. The van der Waals surface area contributed by atoms with Gasteiger partial charge in [0.25, 0.3) is 0 Å². The number of ether oxygens (including phenoxy) is 1. The number of hydrogen-bond acceptors (Lipinski definition) is 7. The van der Waals surface area contributed by atoms with Crippen LogP contribution in [0.5, 0.6) is 5.88 Å². The van der Waals surface area contributed by atoms with E-state index in [9.17, 15) is 0 Å². The fourth-order valence-electron chi connectivity index (χ4n) is 3.11. The quantitative estimate of drug-likeness (QED) is 0.805. The van der Waals surface area contributed by atoms with Gasteiger partial charge in [-0.15, -0.1) is 5.10 Å². The zero-order valence-corrected chi connectivity index (χ0v) is 14.0. The lowest BCUT2D eigenvalue weighted by atomic mass is 9.98. The summed E-state index contributed by atoms with van der Waals surface area (Å²) in [7, 11) is 0. The molecular formula is C17H23N5O2. The van der Waals surface area contributed by atoms with Crippen molar-refractivity contribution in [2.75, 3.05) is 19.7 Å². The Hall–Kier alpha value is -2.02. The third kappa shape index (κ3) is 3.90. The fraction of sp³-hybridized carbons (Fsp3) is 0.647. The van der Waals surface area contributed by atoms with Gasteiger partial charge < -0.3 is 9.26 Å². The number of aryl methyl sites for hydroxylation is 1. The minimum Gasteiger partial charge on any atom is -0.476 e. The van der Waals surface area contributed by atoms with Gasteiger partial charge in [0.15, 0.2) is 5.82 Å². The summed E-state index contributed by atoms with van der Waals surface area (Å²) in [6.45, 7) is 5.35. The number of nitrogens with zero attached hydrogens (tertiary/aromatic N) is 5. The molecule has 2 fully saturated rings. The molecule has 1 aliphatic carbocycles. The Bertz CT molecular complexity index is 660. The van der Waals surface area contributed by atoms with Gasteiger partial charge in [0, 0.05) is 12.0 Å². The Balaban J connectivity index is 1.20. The van der Waals surface area contributed by atoms with E-state index in [4.69, 9.17) is 9.26 Å². The monoisotopic (exact) mass is 329 g/mol. The standard InChI is InChI=1S/C17H23N5O2/c1-12-18-17(24-21-12)10-22-8-6-13(7-9-22)11-23-16-5-4-15(19-20-16)14-2-3-14/h4-5,13-14H,2-3,6-11H2,1H3. The Morgan fingerprint density at radius 1 is 1.17 bits per heavy atom. The van der Waals surface area contributed by atoms with E-state index in [1.165, 1.54) is 12.8 Å². The summed E-state index contributed by atoms with van der Waals surface area (Å²) >= 11 is 0. The van der Waals surface area contributed by atoms with E-state index in [1.54, 1.807) is 0 Å². The number of piperidine rings is 1. The molecule has 3 heterocycles. The molecule has 0 aromatic carbocycles. The normalized spacial score (nSPS) is 19.5. The van der Waals surface area contributed by atoms with Crippen LogP contribution in [0.15, 0.2) is 16.7 Å². The predicted molar refractivity (Wildman–Crippen MR) is 86.5 cm³/mol. The first-order chi connectivity index (χ1) is 11.8. The predicted octanol–water partition coefficient (Wildman–Crippen LogP) is 2.34. The highest BCUT2D eigenvalue weighted by molar-refractivity contribution is 5.17. The van der Waals surface area contributed by atoms with Crippen LogP contribution in [-0.4, -0.2) is 44.9 Å². The van der Waals surface area contributed by atoms with Gasteiger partial charge in [0.2, 0.25) is 11.8 Å². The summed E-state index contributed by atoms with van der Waals surface area (Å²) in [6, 6.07) is 4.00. The SMILES string of the molecule is Cc1noc(CN2CCC(COc3ccc(C4CC4)nn3)CC2)n1. The maximum atomic E-state index is 5.82. The van der Waals surface area contributed by atoms with Crippen molar-refractivity contribution in [2.45, 2.75) is 45.1 Å². The minimum atomic E-state index is 0.565. The number of rotatable bonds is 6. The first-order valence-corrected chi connectivity index (χ1v) is 8.74. The molecule has 0 spiro atoms. The Labute approximate surface area is 141 Å².